The molecule has 0 aromatic heterocycles. The number of nitrogens with one attached hydrogen (secondary N) is 1. The van der Waals surface area contributed by atoms with Crippen LogP contribution in [-0.2, 0) is 21.2 Å². The lowest BCUT2D eigenvalue weighted by molar-refractivity contribution is -0.136. The fourth-order valence-corrected chi connectivity index (χ4v) is 2.31. The summed E-state index contributed by atoms with van der Waals surface area (Å²) in [6, 6.07) is 6.14. The minimum atomic E-state index is -3.55. The number of sulfonamides is 1. The van der Waals surface area contributed by atoms with Crippen LogP contribution >= 0.6 is 0 Å². The smallest absolute Gasteiger partial charge is 0.303 e. The van der Waals surface area contributed by atoms with E-state index >= 15 is 0 Å². The van der Waals surface area contributed by atoms with Gasteiger partial charge < -0.3 is 5.11 Å². The molecule has 0 aliphatic heterocycles. The van der Waals surface area contributed by atoms with Crippen molar-refractivity contribution in [2.45, 2.75) is 24.7 Å². The third kappa shape index (κ3) is 5.12. The summed E-state index contributed by atoms with van der Waals surface area (Å²) in [5.41, 5.74) is 0.787. The minimum Gasteiger partial charge on any atom is -0.481 e. The standard InChI is InChI=1S/C13H15NO4S/c1-2-3-10-14-19(17,18)12-7-4-11(5-8-12)6-9-13(15)16/h4-5,7-8,14H,6,9-10H2,1H3,(H,15,16). The number of benzene rings is 1. The van der Waals surface area contributed by atoms with Gasteiger partial charge in [-0.15, -0.1) is 5.92 Å². The van der Waals surface area contributed by atoms with E-state index in [1.165, 1.54) is 12.1 Å². The van der Waals surface area contributed by atoms with Crippen molar-refractivity contribution in [1.82, 2.24) is 4.72 Å². The van der Waals surface area contributed by atoms with Gasteiger partial charge in [-0.05, 0) is 31.0 Å². The summed E-state index contributed by atoms with van der Waals surface area (Å²) in [5, 5.41) is 8.56. The minimum absolute atomic E-state index is 0.0242. The van der Waals surface area contributed by atoms with Crippen LogP contribution in [0.4, 0.5) is 0 Å². The Bertz CT molecular complexity index is 594. The third-order valence-corrected chi connectivity index (χ3v) is 3.81. The molecular weight excluding hydrogens is 266 g/mol. The monoisotopic (exact) mass is 281 g/mol. The van der Waals surface area contributed by atoms with Crippen molar-refractivity contribution in [2.75, 3.05) is 6.54 Å². The first-order valence-electron chi connectivity index (χ1n) is 5.65. The quantitative estimate of drug-likeness (QED) is 0.762. The van der Waals surface area contributed by atoms with E-state index in [4.69, 9.17) is 5.11 Å². The maximum Gasteiger partial charge on any atom is 0.303 e. The van der Waals surface area contributed by atoms with Gasteiger partial charge in [0.1, 0.15) is 0 Å². The van der Waals surface area contributed by atoms with Gasteiger partial charge in [-0.25, -0.2) is 8.42 Å². The Balaban J connectivity index is 2.73. The zero-order chi connectivity index (χ0) is 14.3. The molecule has 0 heterocycles. The lowest BCUT2D eigenvalue weighted by Gasteiger charge is -2.05. The van der Waals surface area contributed by atoms with Crippen molar-refractivity contribution in [3.63, 3.8) is 0 Å². The molecule has 0 saturated heterocycles. The number of carboxylic acids is 1. The van der Waals surface area contributed by atoms with Crippen molar-refractivity contribution in [3.05, 3.63) is 29.8 Å². The molecule has 0 radical (unpaired) electrons. The molecule has 1 aromatic rings. The normalized spacial score (nSPS) is 10.6. The molecule has 1 aromatic carbocycles. The second kappa shape index (κ2) is 6.92. The van der Waals surface area contributed by atoms with Gasteiger partial charge in [-0.1, -0.05) is 18.1 Å². The Kier molecular flexibility index (Phi) is 5.55. The molecule has 0 atom stereocenters. The molecule has 0 fully saturated rings. The average molecular weight is 281 g/mol. The Labute approximate surface area is 112 Å². The van der Waals surface area contributed by atoms with Gasteiger partial charge in [0.2, 0.25) is 10.0 Å². The van der Waals surface area contributed by atoms with Crippen LogP contribution in [0.5, 0.6) is 0 Å². The second-order valence-corrected chi connectivity index (χ2v) is 5.56. The van der Waals surface area contributed by atoms with E-state index in [0.717, 1.165) is 5.56 Å². The van der Waals surface area contributed by atoms with Crippen LogP contribution in [0.3, 0.4) is 0 Å². The zero-order valence-electron chi connectivity index (χ0n) is 10.5. The highest BCUT2D eigenvalue weighted by atomic mass is 32.2. The number of aryl methyl sites for hydroxylation is 1. The van der Waals surface area contributed by atoms with Gasteiger partial charge in [-0.3, -0.25) is 4.79 Å². The third-order valence-electron chi connectivity index (χ3n) is 2.39. The van der Waals surface area contributed by atoms with Crippen LogP contribution in [0.25, 0.3) is 0 Å². The molecule has 19 heavy (non-hydrogen) atoms. The number of hydrogen-bond donors (Lipinski definition) is 2. The fraction of sp³-hybridized carbons (Fsp3) is 0.308. The van der Waals surface area contributed by atoms with E-state index in [1.54, 1.807) is 19.1 Å². The summed E-state index contributed by atoms with van der Waals surface area (Å²) in [6.07, 6.45) is 0.404. The lowest BCUT2D eigenvalue weighted by Crippen LogP contribution is -2.23. The largest absolute Gasteiger partial charge is 0.481 e. The molecule has 0 amide bonds. The van der Waals surface area contributed by atoms with Gasteiger partial charge in [0.15, 0.2) is 0 Å². The molecule has 0 bridgehead atoms. The predicted octanol–water partition coefficient (Wildman–Crippen LogP) is 1.01. The fourth-order valence-electron chi connectivity index (χ4n) is 1.39. The maximum absolute atomic E-state index is 11.8. The highest BCUT2D eigenvalue weighted by Gasteiger charge is 2.12. The van der Waals surface area contributed by atoms with Crippen LogP contribution in [0, 0.1) is 11.8 Å². The van der Waals surface area contributed by atoms with Crippen molar-refractivity contribution in [3.8, 4) is 11.8 Å². The second-order valence-electron chi connectivity index (χ2n) is 3.79. The number of aliphatic carboxylic acids is 1. The highest BCUT2D eigenvalue weighted by Crippen LogP contribution is 2.11. The molecule has 5 nitrogen and oxygen atoms in total. The molecule has 0 unspecified atom stereocenters. The van der Waals surface area contributed by atoms with E-state index in [-0.39, 0.29) is 17.9 Å². The molecule has 0 spiro atoms. The number of carboxylic acid groups (broad SMARTS) is 1. The molecule has 0 aliphatic rings. The lowest BCUT2D eigenvalue weighted by atomic mass is 10.1. The van der Waals surface area contributed by atoms with Gasteiger partial charge in [0.05, 0.1) is 11.4 Å². The maximum atomic E-state index is 11.8. The first-order valence-corrected chi connectivity index (χ1v) is 7.14. The average Bonchev–Trinajstić information content (AvgIpc) is 2.37. The van der Waals surface area contributed by atoms with Crippen molar-refractivity contribution < 1.29 is 18.3 Å². The van der Waals surface area contributed by atoms with Gasteiger partial charge in [0, 0.05) is 6.42 Å². The van der Waals surface area contributed by atoms with Crippen LogP contribution < -0.4 is 4.72 Å². The molecule has 0 aliphatic carbocycles. The first kappa shape index (κ1) is 15.2. The number of carbonyl (C=O) groups is 1. The van der Waals surface area contributed by atoms with E-state index in [9.17, 15) is 13.2 Å². The van der Waals surface area contributed by atoms with Crippen molar-refractivity contribution >= 4 is 16.0 Å². The summed E-state index contributed by atoms with van der Waals surface area (Å²) in [7, 11) is -3.55. The Morgan fingerprint density at radius 2 is 1.95 bits per heavy atom. The summed E-state index contributed by atoms with van der Waals surface area (Å²) < 4.78 is 26.0. The number of hydrogen-bond acceptors (Lipinski definition) is 3. The topological polar surface area (TPSA) is 83.5 Å². The van der Waals surface area contributed by atoms with Crippen LogP contribution in [0.1, 0.15) is 18.9 Å². The molecule has 0 saturated carbocycles. The molecule has 2 N–H and O–H groups in total. The van der Waals surface area contributed by atoms with Crippen LogP contribution in [0.2, 0.25) is 0 Å². The van der Waals surface area contributed by atoms with Gasteiger partial charge >= 0.3 is 5.97 Å². The van der Waals surface area contributed by atoms with Crippen molar-refractivity contribution in [1.29, 1.82) is 0 Å². The van der Waals surface area contributed by atoms with E-state index in [1.807, 2.05) is 0 Å². The van der Waals surface area contributed by atoms with Gasteiger partial charge in [0.25, 0.3) is 0 Å². The summed E-state index contributed by atoms with van der Waals surface area (Å²) in [4.78, 5) is 10.6. The van der Waals surface area contributed by atoms with E-state index in [2.05, 4.69) is 16.6 Å². The molecule has 6 heteroatoms. The SMILES string of the molecule is CC#CCNS(=O)(=O)c1ccc(CCC(=O)O)cc1. The Morgan fingerprint density at radius 1 is 1.32 bits per heavy atom. The van der Waals surface area contributed by atoms with Crippen molar-refractivity contribution in [2.24, 2.45) is 0 Å². The summed E-state index contributed by atoms with van der Waals surface area (Å²) in [5.74, 6) is 4.33. The molecule has 102 valence electrons. The van der Waals surface area contributed by atoms with Crippen LogP contribution in [-0.4, -0.2) is 26.0 Å². The Morgan fingerprint density at radius 3 is 2.47 bits per heavy atom. The van der Waals surface area contributed by atoms with E-state index in [0.29, 0.717) is 6.42 Å². The predicted molar refractivity (Wildman–Crippen MR) is 71.0 cm³/mol. The van der Waals surface area contributed by atoms with E-state index < -0.39 is 16.0 Å². The molecule has 1 rings (SSSR count). The molecular formula is C13H15NO4S. The Hall–Kier alpha value is -1.84. The highest BCUT2D eigenvalue weighted by molar-refractivity contribution is 7.89. The first-order chi connectivity index (χ1) is 8.95. The summed E-state index contributed by atoms with van der Waals surface area (Å²) >= 11 is 0. The summed E-state index contributed by atoms with van der Waals surface area (Å²) in [6.45, 7) is 1.70. The number of rotatable bonds is 6. The van der Waals surface area contributed by atoms with Crippen LogP contribution in [0.15, 0.2) is 29.2 Å². The zero-order valence-corrected chi connectivity index (χ0v) is 11.3. The van der Waals surface area contributed by atoms with Gasteiger partial charge in [-0.2, -0.15) is 4.72 Å².